The third-order valence-electron chi connectivity index (χ3n) is 9.84. The van der Waals surface area contributed by atoms with E-state index in [0.29, 0.717) is 18.6 Å². The van der Waals surface area contributed by atoms with Crippen LogP contribution in [0, 0.1) is 23.2 Å². The van der Waals surface area contributed by atoms with Crippen molar-refractivity contribution in [2.75, 3.05) is 46.1 Å². The Balaban J connectivity index is 0.971. The van der Waals surface area contributed by atoms with Crippen LogP contribution in [0.3, 0.4) is 0 Å². The molecule has 5 fully saturated rings. The standard InChI is InChI=1S/C27H36N2O5/c1-26-5-2-6-27(16-33-27)24(26)12-19-20(25(30)34-23(19)13-26)15-29-9-7-28(8-10-29)14-18-3-4-21-22(11-18)32-17-31-21/h3-4,11,19-20,23-24H,2,5-10,12-17H2,1H3/t19-,20?,23-,24?,26-,27?/m1/s1. The minimum Gasteiger partial charge on any atom is -0.462 e. The van der Waals surface area contributed by atoms with E-state index in [0.717, 1.165) is 70.2 Å². The average molecular weight is 469 g/mol. The fourth-order valence-corrected chi connectivity index (χ4v) is 7.87. The summed E-state index contributed by atoms with van der Waals surface area (Å²) in [5.41, 5.74) is 1.65. The first-order chi connectivity index (χ1) is 16.5. The van der Waals surface area contributed by atoms with Crippen LogP contribution < -0.4 is 9.47 Å². The zero-order valence-electron chi connectivity index (χ0n) is 20.2. The Morgan fingerprint density at radius 1 is 1.06 bits per heavy atom. The van der Waals surface area contributed by atoms with E-state index in [2.05, 4.69) is 28.9 Å². The quantitative estimate of drug-likeness (QED) is 0.497. The summed E-state index contributed by atoms with van der Waals surface area (Å²) in [7, 11) is 0. The summed E-state index contributed by atoms with van der Waals surface area (Å²) < 4.78 is 23.0. The number of ether oxygens (including phenoxy) is 4. The number of hydrogen-bond donors (Lipinski definition) is 0. The van der Waals surface area contributed by atoms with Crippen LogP contribution in [0.4, 0.5) is 0 Å². The van der Waals surface area contributed by atoms with Gasteiger partial charge in [0.2, 0.25) is 6.79 Å². The Kier molecular flexibility index (Phi) is 4.94. The van der Waals surface area contributed by atoms with E-state index in [1.807, 2.05) is 6.07 Å². The van der Waals surface area contributed by atoms with E-state index >= 15 is 0 Å². The molecule has 0 amide bonds. The molecule has 0 bridgehead atoms. The second-order valence-electron chi connectivity index (χ2n) is 11.9. The highest BCUT2D eigenvalue weighted by atomic mass is 16.7. The molecule has 1 spiro atoms. The highest BCUT2D eigenvalue weighted by Crippen LogP contribution is 2.62. The van der Waals surface area contributed by atoms with Crippen molar-refractivity contribution in [3.63, 3.8) is 0 Å². The summed E-state index contributed by atoms with van der Waals surface area (Å²) in [5, 5.41) is 0. The molecule has 7 nitrogen and oxygen atoms in total. The molecule has 3 saturated heterocycles. The lowest BCUT2D eigenvalue weighted by molar-refractivity contribution is -0.147. The fraction of sp³-hybridized carbons (Fsp3) is 0.741. The molecule has 34 heavy (non-hydrogen) atoms. The van der Waals surface area contributed by atoms with Gasteiger partial charge in [-0.15, -0.1) is 0 Å². The van der Waals surface area contributed by atoms with Crippen molar-refractivity contribution in [2.24, 2.45) is 23.2 Å². The molecule has 4 heterocycles. The van der Waals surface area contributed by atoms with Crippen LogP contribution in [-0.2, 0) is 20.8 Å². The molecule has 1 aromatic rings. The van der Waals surface area contributed by atoms with Crippen LogP contribution in [0.15, 0.2) is 18.2 Å². The van der Waals surface area contributed by atoms with Crippen molar-refractivity contribution in [3.05, 3.63) is 23.8 Å². The van der Waals surface area contributed by atoms with Gasteiger partial charge in [-0.1, -0.05) is 13.0 Å². The van der Waals surface area contributed by atoms with Crippen molar-refractivity contribution in [3.8, 4) is 11.5 Å². The summed E-state index contributed by atoms with van der Waals surface area (Å²) >= 11 is 0. The lowest BCUT2D eigenvalue weighted by Crippen LogP contribution is -2.52. The molecule has 7 rings (SSSR count). The number of nitrogens with zero attached hydrogens (tertiary/aromatic N) is 2. The van der Waals surface area contributed by atoms with Crippen LogP contribution >= 0.6 is 0 Å². The first kappa shape index (κ1) is 21.5. The van der Waals surface area contributed by atoms with Gasteiger partial charge in [0.1, 0.15) is 6.10 Å². The number of carbonyl (C=O) groups is 1. The minimum atomic E-state index is 0.0210. The van der Waals surface area contributed by atoms with Crippen molar-refractivity contribution in [1.29, 1.82) is 0 Å². The first-order valence-electron chi connectivity index (χ1n) is 13.2. The van der Waals surface area contributed by atoms with E-state index in [-0.39, 0.29) is 29.0 Å². The number of fused-ring (bicyclic) bond motifs is 4. The SMILES string of the molecule is C[C@]12CCCC3(CO3)C1C[C@@H]1C(CN3CCN(Cc4ccc5c(c4)OCO5)CC3)C(=O)O[C@@H]1C2. The molecule has 2 aliphatic carbocycles. The number of hydrogen-bond acceptors (Lipinski definition) is 7. The number of esters is 1. The van der Waals surface area contributed by atoms with Crippen LogP contribution in [0.25, 0.3) is 0 Å². The maximum atomic E-state index is 13.0. The molecule has 6 atom stereocenters. The molecule has 2 saturated carbocycles. The second kappa shape index (κ2) is 7.84. The van der Waals surface area contributed by atoms with Crippen molar-refractivity contribution in [2.45, 2.75) is 57.3 Å². The van der Waals surface area contributed by atoms with Gasteiger partial charge in [-0.25, -0.2) is 0 Å². The molecule has 184 valence electrons. The van der Waals surface area contributed by atoms with E-state index in [4.69, 9.17) is 18.9 Å². The first-order valence-corrected chi connectivity index (χ1v) is 13.2. The topological polar surface area (TPSA) is 63.8 Å². The number of piperazine rings is 1. The number of benzene rings is 1. The molecule has 1 aromatic carbocycles. The average Bonchev–Trinajstić information content (AvgIpc) is 3.31. The second-order valence-corrected chi connectivity index (χ2v) is 11.9. The third kappa shape index (κ3) is 3.54. The summed E-state index contributed by atoms with van der Waals surface area (Å²) in [6.45, 7) is 9.46. The lowest BCUT2D eigenvalue weighted by Gasteiger charge is -2.51. The maximum absolute atomic E-state index is 13.0. The van der Waals surface area contributed by atoms with Gasteiger partial charge in [-0.3, -0.25) is 14.6 Å². The molecule has 0 radical (unpaired) electrons. The van der Waals surface area contributed by atoms with E-state index < -0.39 is 0 Å². The summed E-state index contributed by atoms with van der Waals surface area (Å²) in [6.07, 6.45) is 5.94. The normalized spacial score (nSPS) is 41.3. The highest BCUT2D eigenvalue weighted by molar-refractivity contribution is 5.75. The van der Waals surface area contributed by atoms with Crippen LogP contribution in [0.1, 0.15) is 44.6 Å². The van der Waals surface area contributed by atoms with Gasteiger partial charge in [0.05, 0.1) is 18.1 Å². The Labute approximate surface area is 201 Å². The van der Waals surface area contributed by atoms with Gasteiger partial charge in [0, 0.05) is 45.2 Å². The molecular formula is C27H36N2O5. The van der Waals surface area contributed by atoms with E-state index in [1.165, 1.54) is 24.8 Å². The van der Waals surface area contributed by atoms with E-state index in [9.17, 15) is 4.79 Å². The van der Waals surface area contributed by atoms with Gasteiger partial charge in [0.25, 0.3) is 0 Å². The summed E-state index contributed by atoms with van der Waals surface area (Å²) in [6, 6.07) is 6.24. The Hall–Kier alpha value is -1.83. The predicted molar refractivity (Wildman–Crippen MR) is 125 cm³/mol. The molecular weight excluding hydrogens is 432 g/mol. The van der Waals surface area contributed by atoms with Gasteiger partial charge in [0.15, 0.2) is 11.5 Å². The molecule has 0 N–H and O–H groups in total. The van der Waals surface area contributed by atoms with Crippen molar-refractivity contribution >= 4 is 5.97 Å². The number of epoxide rings is 1. The third-order valence-corrected chi connectivity index (χ3v) is 9.84. The van der Waals surface area contributed by atoms with Gasteiger partial charge in [-0.05, 0) is 61.1 Å². The molecule has 7 heteroatoms. The summed E-state index contributed by atoms with van der Waals surface area (Å²) in [4.78, 5) is 18.0. The van der Waals surface area contributed by atoms with Gasteiger partial charge in [-0.2, -0.15) is 0 Å². The smallest absolute Gasteiger partial charge is 0.310 e. The Morgan fingerprint density at radius 2 is 1.85 bits per heavy atom. The molecule has 6 aliphatic rings. The van der Waals surface area contributed by atoms with Crippen LogP contribution in [-0.4, -0.2) is 73.6 Å². The molecule has 0 aromatic heterocycles. The monoisotopic (exact) mass is 468 g/mol. The van der Waals surface area contributed by atoms with Gasteiger partial charge >= 0.3 is 5.97 Å². The Morgan fingerprint density at radius 3 is 2.68 bits per heavy atom. The summed E-state index contributed by atoms with van der Waals surface area (Å²) in [5.74, 6) is 2.71. The highest BCUT2D eigenvalue weighted by Gasteiger charge is 2.65. The number of rotatable bonds is 4. The van der Waals surface area contributed by atoms with Crippen molar-refractivity contribution in [1.82, 2.24) is 9.80 Å². The predicted octanol–water partition coefficient (Wildman–Crippen LogP) is 3.06. The number of carbonyl (C=O) groups excluding carboxylic acids is 1. The zero-order valence-corrected chi connectivity index (χ0v) is 20.2. The largest absolute Gasteiger partial charge is 0.462 e. The fourth-order valence-electron chi connectivity index (χ4n) is 7.87. The van der Waals surface area contributed by atoms with E-state index in [1.54, 1.807) is 0 Å². The van der Waals surface area contributed by atoms with Crippen molar-refractivity contribution < 1.29 is 23.7 Å². The van der Waals surface area contributed by atoms with Crippen LogP contribution in [0.5, 0.6) is 11.5 Å². The minimum absolute atomic E-state index is 0.0210. The van der Waals surface area contributed by atoms with Crippen LogP contribution in [0.2, 0.25) is 0 Å². The molecule has 3 unspecified atom stereocenters. The maximum Gasteiger partial charge on any atom is 0.310 e. The Bertz CT molecular complexity index is 972. The molecule has 4 aliphatic heterocycles. The zero-order chi connectivity index (χ0) is 22.9. The van der Waals surface area contributed by atoms with Gasteiger partial charge < -0.3 is 18.9 Å². The lowest BCUT2D eigenvalue weighted by atomic mass is 9.53.